The molecule has 0 amide bonds. The summed E-state index contributed by atoms with van der Waals surface area (Å²) in [6, 6.07) is 11.7. The first kappa shape index (κ1) is 18.6. The maximum Gasteiger partial charge on any atom is 0.137 e. The standard InChI is InChI=1S/C26H27N5/c1-17-13-29-26-22(17)12-20(14-30-26)19-10-18-6-9-31(21-4-2-7-27-15-21)16-24(18)23(11-19)25-5-3-8-28-25/h2,4,7,10-15,25,28H,3,5-6,8-9,16H2,1H3,(H,29,30). The molecule has 1 saturated heterocycles. The topological polar surface area (TPSA) is 56.8 Å². The van der Waals surface area contributed by atoms with Gasteiger partial charge in [-0.2, -0.15) is 0 Å². The predicted molar refractivity (Wildman–Crippen MR) is 125 cm³/mol. The molecule has 156 valence electrons. The molecule has 31 heavy (non-hydrogen) atoms. The van der Waals surface area contributed by atoms with Crippen LogP contribution >= 0.6 is 0 Å². The quantitative estimate of drug-likeness (QED) is 0.504. The molecule has 0 saturated carbocycles. The monoisotopic (exact) mass is 409 g/mol. The van der Waals surface area contributed by atoms with E-state index in [4.69, 9.17) is 0 Å². The SMILES string of the molecule is Cc1c[nH]c2ncc(-c3cc4c(c(C5CCCN5)c3)CN(c3cccnc3)CC4)cc12. The van der Waals surface area contributed by atoms with E-state index in [2.05, 4.69) is 56.4 Å². The van der Waals surface area contributed by atoms with Gasteiger partial charge in [-0.25, -0.2) is 4.98 Å². The molecule has 1 fully saturated rings. The largest absolute Gasteiger partial charge is 0.366 e. The minimum Gasteiger partial charge on any atom is -0.366 e. The van der Waals surface area contributed by atoms with E-state index < -0.39 is 0 Å². The van der Waals surface area contributed by atoms with Gasteiger partial charge < -0.3 is 15.2 Å². The smallest absolute Gasteiger partial charge is 0.137 e. The molecule has 6 rings (SSSR count). The van der Waals surface area contributed by atoms with Crippen LogP contribution < -0.4 is 10.2 Å². The van der Waals surface area contributed by atoms with Crippen molar-refractivity contribution in [2.24, 2.45) is 0 Å². The summed E-state index contributed by atoms with van der Waals surface area (Å²) in [5, 5.41) is 4.95. The van der Waals surface area contributed by atoms with Crippen molar-refractivity contribution in [2.75, 3.05) is 18.0 Å². The number of anilines is 1. The third kappa shape index (κ3) is 3.29. The highest BCUT2D eigenvalue weighted by molar-refractivity contribution is 5.84. The molecule has 3 aromatic heterocycles. The van der Waals surface area contributed by atoms with Crippen LogP contribution in [-0.4, -0.2) is 28.0 Å². The Kier molecular flexibility index (Phi) is 4.50. The van der Waals surface area contributed by atoms with Crippen LogP contribution in [0.25, 0.3) is 22.2 Å². The highest BCUT2D eigenvalue weighted by Crippen LogP contribution is 2.37. The lowest BCUT2D eigenvalue weighted by Gasteiger charge is -2.33. The summed E-state index contributed by atoms with van der Waals surface area (Å²) < 4.78 is 0. The van der Waals surface area contributed by atoms with Crippen LogP contribution in [0.1, 0.15) is 41.1 Å². The van der Waals surface area contributed by atoms with Gasteiger partial charge in [0.25, 0.3) is 0 Å². The fourth-order valence-electron chi connectivity index (χ4n) is 5.18. The van der Waals surface area contributed by atoms with Gasteiger partial charge in [0.1, 0.15) is 5.65 Å². The van der Waals surface area contributed by atoms with E-state index in [1.54, 1.807) is 0 Å². The van der Waals surface area contributed by atoms with Crippen LogP contribution in [0.3, 0.4) is 0 Å². The number of rotatable bonds is 3. The lowest BCUT2D eigenvalue weighted by Crippen LogP contribution is -2.32. The highest BCUT2D eigenvalue weighted by Gasteiger charge is 2.26. The van der Waals surface area contributed by atoms with Gasteiger partial charge in [0.2, 0.25) is 0 Å². The van der Waals surface area contributed by atoms with E-state index in [1.165, 1.54) is 57.3 Å². The molecule has 1 atom stereocenters. The van der Waals surface area contributed by atoms with E-state index in [1.807, 2.05) is 30.9 Å². The summed E-state index contributed by atoms with van der Waals surface area (Å²) in [6.45, 7) is 5.21. The Bertz CT molecular complexity index is 1240. The molecular weight excluding hydrogens is 382 g/mol. The average molecular weight is 410 g/mol. The summed E-state index contributed by atoms with van der Waals surface area (Å²) in [6.07, 6.45) is 11.4. The van der Waals surface area contributed by atoms with Crippen molar-refractivity contribution >= 4 is 16.7 Å². The molecule has 1 aromatic carbocycles. The van der Waals surface area contributed by atoms with Crippen molar-refractivity contribution in [3.05, 3.63) is 77.4 Å². The lowest BCUT2D eigenvalue weighted by molar-refractivity contribution is 0.625. The second-order valence-corrected chi connectivity index (χ2v) is 8.83. The number of H-pyrrole nitrogens is 1. The number of aromatic nitrogens is 3. The Morgan fingerprint density at radius 3 is 2.94 bits per heavy atom. The first-order chi connectivity index (χ1) is 15.3. The Labute approximate surface area is 182 Å². The Balaban J connectivity index is 1.45. The van der Waals surface area contributed by atoms with E-state index in [0.717, 1.165) is 31.7 Å². The molecule has 2 aliphatic rings. The van der Waals surface area contributed by atoms with Gasteiger partial charge in [-0.05, 0) is 84.8 Å². The Morgan fingerprint density at radius 2 is 2.10 bits per heavy atom. The van der Waals surface area contributed by atoms with Crippen LogP contribution in [0.4, 0.5) is 5.69 Å². The summed E-state index contributed by atoms with van der Waals surface area (Å²) in [5.74, 6) is 0. The van der Waals surface area contributed by atoms with Crippen LogP contribution in [0.2, 0.25) is 0 Å². The van der Waals surface area contributed by atoms with Gasteiger partial charge in [0.05, 0.1) is 11.9 Å². The molecule has 4 aromatic rings. The van der Waals surface area contributed by atoms with Crippen molar-refractivity contribution in [1.29, 1.82) is 0 Å². The number of aromatic amines is 1. The zero-order chi connectivity index (χ0) is 20.8. The van der Waals surface area contributed by atoms with Gasteiger partial charge >= 0.3 is 0 Å². The van der Waals surface area contributed by atoms with Gasteiger partial charge in [0.15, 0.2) is 0 Å². The molecule has 0 spiro atoms. The van der Waals surface area contributed by atoms with Crippen LogP contribution in [0, 0.1) is 6.92 Å². The zero-order valence-corrected chi connectivity index (χ0v) is 17.9. The molecule has 0 aliphatic carbocycles. The van der Waals surface area contributed by atoms with E-state index >= 15 is 0 Å². The second-order valence-electron chi connectivity index (χ2n) is 8.83. The van der Waals surface area contributed by atoms with Crippen LogP contribution in [0.15, 0.2) is 55.1 Å². The minimum atomic E-state index is 0.438. The van der Waals surface area contributed by atoms with Gasteiger partial charge in [-0.15, -0.1) is 0 Å². The number of nitrogens with zero attached hydrogens (tertiary/aromatic N) is 3. The second kappa shape index (κ2) is 7.50. The summed E-state index contributed by atoms with van der Waals surface area (Å²) in [4.78, 5) is 14.7. The van der Waals surface area contributed by atoms with Gasteiger partial charge in [-0.1, -0.05) is 6.07 Å². The van der Waals surface area contributed by atoms with Crippen molar-refractivity contribution in [3.63, 3.8) is 0 Å². The number of benzene rings is 1. The number of hydrogen-bond acceptors (Lipinski definition) is 4. The zero-order valence-electron chi connectivity index (χ0n) is 17.9. The number of nitrogens with one attached hydrogen (secondary N) is 2. The molecule has 5 heterocycles. The minimum absolute atomic E-state index is 0.438. The first-order valence-corrected chi connectivity index (χ1v) is 11.2. The number of hydrogen-bond donors (Lipinski definition) is 2. The molecule has 0 radical (unpaired) electrons. The third-order valence-corrected chi connectivity index (χ3v) is 6.89. The van der Waals surface area contributed by atoms with Crippen molar-refractivity contribution < 1.29 is 0 Å². The fraction of sp³-hybridized carbons (Fsp3) is 0.308. The molecule has 2 aliphatic heterocycles. The van der Waals surface area contributed by atoms with E-state index in [9.17, 15) is 0 Å². The van der Waals surface area contributed by atoms with Crippen molar-refractivity contribution in [1.82, 2.24) is 20.3 Å². The van der Waals surface area contributed by atoms with Crippen molar-refractivity contribution in [3.8, 4) is 11.1 Å². The normalized spacial score (nSPS) is 18.5. The van der Waals surface area contributed by atoms with Gasteiger partial charge in [-0.3, -0.25) is 4.98 Å². The summed E-state index contributed by atoms with van der Waals surface area (Å²) in [5.41, 5.74) is 10.3. The molecule has 5 heteroatoms. The molecule has 2 N–H and O–H groups in total. The van der Waals surface area contributed by atoms with Crippen LogP contribution in [-0.2, 0) is 13.0 Å². The summed E-state index contributed by atoms with van der Waals surface area (Å²) >= 11 is 0. The lowest BCUT2D eigenvalue weighted by atomic mass is 9.87. The van der Waals surface area contributed by atoms with E-state index in [0.29, 0.717) is 6.04 Å². The highest BCUT2D eigenvalue weighted by atomic mass is 15.1. The molecule has 5 nitrogen and oxygen atoms in total. The Morgan fingerprint density at radius 1 is 1.13 bits per heavy atom. The third-order valence-electron chi connectivity index (χ3n) is 6.89. The van der Waals surface area contributed by atoms with Crippen LogP contribution in [0.5, 0.6) is 0 Å². The maximum atomic E-state index is 4.68. The summed E-state index contributed by atoms with van der Waals surface area (Å²) in [7, 11) is 0. The molecule has 0 bridgehead atoms. The van der Waals surface area contributed by atoms with Gasteiger partial charge in [0, 0.05) is 48.7 Å². The first-order valence-electron chi connectivity index (χ1n) is 11.2. The fourth-order valence-corrected chi connectivity index (χ4v) is 5.18. The molecule has 1 unspecified atom stereocenters. The number of pyridine rings is 2. The molecular formula is C26H27N5. The Hall–Kier alpha value is -3.18. The number of fused-ring (bicyclic) bond motifs is 2. The maximum absolute atomic E-state index is 4.68. The predicted octanol–water partition coefficient (Wildman–Crippen LogP) is 4.92. The average Bonchev–Trinajstić information content (AvgIpc) is 3.49. The number of aryl methyl sites for hydroxylation is 1. The van der Waals surface area contributed by atoms with Crippen molar-refractivity contribution in [2.45, 2.75) is 38.8 Å². The van der Waals surface area contributed by atoms with E-state index in [-0.39, 0.29) is 0 Å².